The summed E-state index contributed by atoms with van der Waals surface area (Å²) in [6, 6.07) is 22.4. The second-order valence-electron chi connectivity index (χ2n) is 8.20. The van der Waals surface area contributed by atoms with Crippen molar-refractivity contribution in [2.75, 3.05) is 7.11 Å². The van der Waals surface area contributed by atoms with Crippen LogP contribution in [0.4, 0.5) is 0 Å². The maximum Gasteiger partial charge on any atom is 0.336 e. The number of para-hydroxylation sites is 1. The summed E-state index contributed by atoms with van der Waals surface area (Å²) >= 11 is 6.00. The summed E-state index contributed by atoms with van der Waals surface area (Å²) in [6.07, 6.45) is 0. The smallest absolute Gasteiger partial charge is 0.336 e. The minimum Gasteiger partial charge on any atom is -0.489 e. The zero-order valence-corrected chi connectivity index (χ0v) is 19.5. The van der Waals surface area contributed by atoms with Crippen molar-refractivity contribution in [2.24, 2.45) is 0 Å². The Morgan fingerprint density at radius 2 is 1.65 bits per heavy atom. The number of hydrogen-bond donors (Lipinski definition) is 1. The summed E-state index contributed by atoms with van der Waals surface area (Å²) in [6.45, 7) is 2.14. The quantitative estimate of drug-likeness (QED) is 0.486. The van der Waals surface area contributed by atoms with Gasteiger partial charge in [0.1, 0.15) is 12.4 Å². The van der Waals surface area contributed by atoms with E-state index in [1.54, 1.807) is 0 Å². The molecule has 1 aliphatic carbocycles. The third-order valence-electron chi connectivity index (χ3n) is 6.19. The third kappa shape index (κ3) is 3.68. The number of ketones is 1. The van der Waals surface area contributed by atoms with Crippen molar-refractivity contribution in [3.05, 3.63) is 117 Å². The van der Waals surface area contributed by atoms with E-state index < -0.39 is 11.9 Å². The fourth-order valence-corrected chi connectivity index (χ4v) is 4.74. The fourth-order valence-electron chi connectivity index (χ4n) is 4.61. The molecule has 6 heteroatoms. The molecule has 0 aromatic heterocycles. The van der Waals surface area contributed by atoms with Crippen molar-refractivity contribution < 1.29 is 19.1 Å². The largest absolute Gasteiger partial charge is 0.489 e. The van der Waals surface area contributed by atoms with Crippen LogP contribution in [0.3, 0.4) is 0 Å². The average molecular weight is 472 g/mol. The Labute approximate surface area is 202 Å². The predicted molar refractivity (Wildman–Crippen MR) is 131 cm³/mol. The van der Waals surface area contributed by atoms with Gasteiger partial charge in [0, 0.05) is 33.0 Å². The highest BCUT2D eigenvalue weighted by Crippen LogP contribution is 2.48. The van der Waals surface area contributed by atoms with E-state index in [1.165, 1.54) is 7.11 Å². The van der Waals surface area contributed by atoms with Gasteiger partial charge in [0.05, 0.1) is 24.3 Å². The molecular formula is C28H22ClNO4. The van der Waals surface area contributed by atoms with Crippen LogP contribution in [0.25, 0.3) is 5.70 Å². The van der Waals surface area contributed by atoms with E-state index in [0.29, 0.717) is 39.8 Å². The van der Waals surface area contributed by atoms with Crippen molar-refractivity contribution in [3.63, 3.8) is 0 Å². The number of rotatable bonds is 5. The molecule has 0 radical (unpaired) electrons. The van der Waals surface area contributed by atoms with Crippen LogP contribution in [0.15, 0.2) is 89.6 Å². The Balaban J connectivity index is 1.61. The summed E-state index contributed by atoms with van der Waals surface area (Å²) in [5.74, 6) is -0.638. The second kappa shape index (κ2) is 8.84. The zero-order valence-electron chi connectivity index (χ0n) is 18.7. The molecule has 170 valence electrons. The van der Waals surface area contributed by atoms with E-state index in [-0.39, 0.29) is 5.78 Å². The molecule has 1 aliphatic heterocycles. The summed E-state index contributed by atoms with van der Waals surface area (Å²) in [5.41, 5.74) is 5.41. The molecule has 0 saturated carbocycles. The van der Waals surface area contributed by atoms with Crippen LogP contribution in [0.5, 0.6) is 5.75 Å². The lowest BCUT2D eigenvalue weighted by Gasteiger charge is -2.30. The number of fused-ring (bicyclic) bond motifs is 2. The van der Waals surface area contributed by atoms with Crippen LogP contribution in [-0.4, -0.2) is 18.9 Å². The highest BCUT2D eigenvalue weighted by Gasteiger charge is 2.43. The first kappa shape index (κ1) is 22.0. The number of dihydropyridines is 1. The van der Waals surface area contributed by atoms with Crippen LogP contribution < -0.4 is 10.1 Å². The van der Waals surface area contributed by atoms with E-state index in [2.05, 4.69) is 5.32 Å². The van der Waals surface area contributed by atoms with Gasteiger partial charge in [-0.3, -0.25) is 4.79 Å². The Bertz CT molecular complexity index is 1370. The van der Waals surface area contributed by atoms with Gasteiger partial charge in [-0.2, -0.15) is 0 Å². The fraction of sp³-hybridized carbons (Fsp3) is 0.143. The summed E-state index contributed by atoms with van der Waals surface area (Å²) in [7, 11) is 1.34. The lowest BCUT2D eigenvalue weighted by atomic mass is 9.79. The first-order valence-electron chi connectivity index (χ1n) is 10.9. The second-order valence-corrected chi connectivity index (χ2v) is 8.64. The molecule has 0 bridgehead atoms. The van der Waals surface area contributed by atoms with Crippen LogP contribution >= 0.6 is 11.6 Å². The van der Waals surface area contributed by atoms with E-state index in [9.17, 15) is 9.59 Å². The van der Waals surface area contributed by atoms with Gasteiger partial charge in [-0.05, 0) is 30.7 Å². The Kier molecular flexibility index (Phi) is 5.72. The monoisotopic (exact) mass is 471 g/mol. The molecule has 1 atom stereocenters. The Morgan fingerprint density at radius 1 is 0.971 bits per heavy atom. The number of carbonyl (C=O) groups excluding carboxylic acids is 2. The normalized spacial score (nSPS) is 16.7. The number of halogens is 1. The number of esters is 1. The first-order chi connectivity index (χ1) is 16.5. The molecule has 5 rings (SSSR count). The number of allylic oxidation sites excluding steroid dienone is 2. The minimum atomic E-state index is -0.634. The molecule has 0 spiro atoms. The Morgan fingerprint density at radius 3 is 2.38 bits per heavy atom. The van der Waals surface area contributed by atoms with Gasteiger partial charge in [-0.1, -0.05) is 66.2 Å². The van der Waals surface area contributed by atoms with Crippen molar-refractivity contribution in [2.45, 2.75) is 19.4 Å². The number of carbonyl (C=O) groups is 2. The highest BCUT2D eigenvalue weighted by atomic mass is 35.5. The molecular weight excluding hydrogens is 450 g/mol. The molecule has 34 heavy (non-hydrogen) atoms. The molecule has 2 aliphatic rings. The molecule has 1 N–H and O–H groups in total. The maximum absolute atomic E-state index is 13.6. The van der Waals surface area contributed by atoms with Crippen LogP contribution in [0.2, 0.25) is 5.02 Å². The third-order valence-corrected chi connectivity index (χ3v) is 6.44. The van der Waals surface area contributed by atoms with Crippen LogP contribution in [-0.2, 0) is 16.1 Å². The van der Waals surface area contributed by atoms with E-state index >= 15 is 0 Å². The lowest BCUT2D eigenvalue weighted by Crippen LogP contribution is -2.29. The number of ether oxygens (including phenoxy) is 2. The predicted octanol–water partition coefficient (Wildman–Crippen LogP) is 5.66. The molecule has 0 fully saturated rings. The molecule has 3 aromatic carbocycles. The number of benzene rings is 3. The van der Waals surface area contributed by atoms with E-state index in [0.717, 1.165) is 22.4 Å². The summed E-state index contributed by atoms with van der Waals surface area (Å²) in [5, 5.41) is 3.95. The standard InChI is InChI=1S/C28H22ClNO4/c1-16-23(28(32)33-2)24(25-26(30-16)19-7-3-4-8-20(19)27(25)31)21-9-5-6-10-22(21)34-15-17-11-13-18(29)14-12-17/h3-14,24,30H,15H2,1-2H3/t24-/m1/s1. The van der Waals surface area contributed by atoms with Gasteiger partial charge in [0.15, 0.2) is 5.78 Å². The van der Waals surface area contributed by atoms with Crippen molar-refractivity contribution in [3.8, 4) is 5.75 Å². The maximum atomic E-state index is 13.6. The van der Waals surface area contributed by atoms with Crippen molar-refractivity contribution in [1.29, 1.82) is 0 Å². The molecule has 1 heterocycles. The van der Waals surface area contributed by atoms with Gasteiger partial charge >= 0.3 is 5.97 Å². The van der Waals surface area contributed by atoms with Crippen LogP contribution in [0, 0.1) is 0 Å². The number of Topliss-reactive ketones (excluding diaryl/α,β-unsaturated/α-hetero) is 1. The highest BCUT2D eigenvalue weighted by molar-refractivity contribution is 6.30. The molecule has 3 aromatic rings. The van der Waals surface area contributed by atoms with Gasteiger partial charge in [0.2, 0.25) is 0 Å². The molecule has 0 unspecified atom stereocenters. The molecule has 0 amide bonds. The SMILES string of the molecule is COC(=O)C1=C(C)NC2=C(C(=O)c3ccccc32)[C@@H]1c1ccccc1OCc1ccc(Cl)cc1. The van der Waals surface area contributed by atoms with Gasteiger partial charge < -0.3 is 14.8 Å². The van der Waals surface area contributed by atoms with Gasteiger partial charge in [-0.25, -0.2) is 4.79 Å². The molecule has 0 saturated heterocycles. The number of methoxy groups -OCH3 is 1. The lowest BCUT2D eigenvalue weighted by molar-refractivity contribution is -0.136. The summed E-state index contributed by atoms with van der Waals surface area (Å²) in [4.78, 5) is 26.5. The minimum absolute atomic E-state index is 0.107. The Hall–Kier alpha value is -3.83. The van der Waals surface area contributed by atoms with Crippen molar-refractivity contribution >= 4 is 29.1 Å². The van der Waals surface area contributed by atoms with Gasteiger partial charge in [-0.15, -0.1) is 0 Å². The van der Waals surface area contributed by atoms with Gasteiger partial charge in [0.25, 0.3) is 0 Å². The zero-order chi connectivity index (χ0) is 23.8. The topological polar surface area (TPSA) is 64.6 Å². The number of nitrogens with one attached hydrogen (secondary N) is 1. The number of hydrogen-bond acceptors (Lipinski definition) is 5. The molecule has 5 nitrogen and oxygen atoms in total. The first-order valence-corrected chi connectivity index (χ1v) is 11.3. The van der Waals surface area contributed by atoms with Crippen LogP contribution in [0.1, 0.15) is 39.9 Å². The van der Waals surface area contributed by atoms with E-state index in [1.807, 2.05) is 79.7 Å². The van der Waals surface area contributed by atoms with Crippen molar-refractivity contribution in [1.82, 2.24) is 5.32 Å². The average Bonchev–Trinajstić information content (AvgIpc) is 3.14. The van der Waals surface area contributed by atoms with E-state index in [4.69, 9.17) is 21.1 Å². The summed E-state index contributed by atoms with van der Waals surface area (Å²) < 4.78 is 11.3.